The molecule has 0 radical (unpaired) electrons. The maximum atomic E-state index is 6.11. The fraction of sp³-hybridized carbons (Fsp3) is 0.522. The highest BCUT2D eigenvalue weighted by Gasteiger charge is 2.42. The van der Waals surface area contributed by atoms with Crippen molar-refractivity contribution in [3.63, 3.8) is 0 Å². The van der Waals surface area contributed by atoms with Crippen molar-refractivity contribution in [1.82, 2.24) is 14.9 Å². The van der Waals surface area contributed by atoms with Crippen LogP contribution >= 0.6 is 0 Å². The number of benzene rings is 1. The Bertz CT molecular complexity index is 1000. The lowest BCUT2D eigenvalue weighted by Gasteiger charge is -2.15. The Kier molecular flexibility index (Phi) is 4.43. The SMILES string of the molecule is COc1cc2c(cc1OCCCN1CCCC1)[nH]c1ccnc(C3(C)CC3)c12. The van der Waals surface area contributed by atoms with Gasteiger partial charge in [-0.1, -0.05) is 6.92 Å². The standard InChI is InChI=1S/C23H29N3O2/c1-23(7-8-23)22-21-16-14-19(27-2)20(15-18(16)25-17(21)6-9-24-22)28-13-5-12-26-10-3-4-11-26/h6,9,14-15,25H,3-5,7-8,10-13H2,1-2H3. The molecule has 3 aromatic rings. The molecular weight excluding hydrogens is 350 g/mol. The highest BCUT2D eigenvalue weighted by Crippen LogP contribution is 2.50. The molecule has 5 rings (SSSR count). The number of hydrogen-bond acceptors (Lipinski definition) is 4. The van der Waals surface area contributed by atoms with E-state index in [4.69, 9.17) is 14.5 Å². The first kappa shape index (κ1) is 17.8. The molecule has 3 heterocycles. The molecule has 2 aromatic heterocycles. The van der Waals surface area contributed by atoms with Crippen LogP contribution in [0.5, 0.6) is 11.5 Å². The molecule has 1 saturated heterocycles. The van der Waals surface area contributed by atoms with E-state index in [1.807, 2.05) is 6.20 Å². The van der Waals surface area contributed by atoms with Crippen molar-refractivity contribution in [2.45, 2.75) is 44.4 Å². The number of aromatic amines is 1. The summed E-state index contributed by atoms with van der Waals surface area (Å²) >= 11 is 0. The van der Waals surface area contributed by atoms with Gasteiger partial charge in [0.25, 0.3) is 0 Å². The van der Waals surface area contributed by atoms with Gasteiger partial charge in [0.2, 0.25) is 0 Å². The van der Waals surface area contributed by atoms with Gasteiger partial charge in [-0.25, -0.2) is 0 Å². The van der Waals surface area contributed by atoms with E-state index in [9.17, 15) is 0 Å². The smallest absolute Gasteiger partial charge is 0.163 e. The van der Waals surface area contributed by atoms with Gasteiger partial charge in [0.15, 0.2) is 11.5 Å². The quantitative estimate of drug-likeness (QED) is 0.608. The van der Waals surface area contributed by atoms with Gasteiger partial charge < -0.3 is 19.4 Å². The van der Waals surface area contributed by atoms with Gasteiger partial charge >= 0.3 is 0 Å². The van der Waals surface area contributed by atoms with Gasteiger partial charge in [-0.2, -0.15) is 0 Å². The van der Waals surface area contributed by atoms with Crippen LogP contribution < -0.4 is 9.47 Å². The number of nitrogens with zero attached hydrogens (tertiary/aromatic N) is 2. The molecule has 2 aliphatic rings. The fourth-order valence-electron chi connectivity index (χ4n) is 4.48. The van der Waals surface area contributed by atoms with Crippen molar-refractivity contribution in [2.75, 3.05) is 33.4 Å². The normalized spacial score (nSPS) is 18.8. The van der Waals surface area contributed by atoms with Crippen LogP contribution in [0.2, 0.25) is 0 Å². The van der Waals surface area contributed by atoms with Crippen LogP contribution in [-0.2, 0) is 5.41 Å². The molecule has 0 spiro atoms. The predicted molar refractivity (Wildman–Crippen MR) is 113 cm³/mol. The number of methoxy groups -OCH3 is 1. The number of hydrogen-bond donors (Lipinski definition) is 1. The summed E-state index contributed by atoms with van der Waals surface area (Å²) in [4.78, 5) is 10.8. The van der Waals surface area contributed by atoms with Gasteiger partial charge in [-0.05, 0) is 57.3 Å². The summed E-state index contributed by atoms with van der Waals surface area (Å²) in [7, 11) is 1.72. The lowest BCUT2D eigenvalue weighted by Crippen LogP contribution is -2.21. The molecule has 0 amide bonds. The molecule has 0 unspecified atom stereocenters. The fourth-order valence-corrected chi connectivity index (χ4v) is 4.48. The number of ether oxygens (including phenoxy) is 2. The van der Waals surface area contributed by atoms with E-state index in [2.05, 4.69) is 35.0 Å². The number of H-pyrrole nitrogens is 1. The third-order valence-corrected chi connectivity index (χ3v) is 6.44. The largest absolute Gasteiger partial charge is 0.493 e. The molecule has 1 N–H and O–H groups in total. The van der Waals surface area contributed by atoms with E-state index in [0.29, 0.717) is 6.61 Å². The molecular formula is C23H29N3O2. The van der Waals surface area contributed by atoms with Crippen molar-refractivity contribution in [2.24, 2.45) is 0 Å². The lowest BCUT2D eigenvalue weighted by atomic mass is 9.99. The second-order valence-electron chi connectivity index (χ2n) is 8.57. The number of likely N-dealkylation sites (tertiary alicyclic amines) is 1. The van der Waals surface area contributed by atoms with E-state index >= 15 is 0 Å². The van der Waals surface area contributed by atoms with Gasteiger partial charge in [-0.3, -0.25) is 4.98 Å². The van der Waals surface area contributed by atoms with Crippen LogP contribution in [0.15, 0.2) is 24.4 Å². The third kappa shape index (κ3) is 3.12. The number of pyridine rings is 1. The van der Waals surface area contributed by atoms with Crippen LogP contribution in [0.4, 0.5) is 0 Å². The highest BCUT2D eigenvalue weighted by molar-refractivity contribution is 6.09. The maximum absolute atomic E-state index is 6.11. The van der Waals surface area contributed by atoms with Crippen LogP contribution in [0.1, 0.15) is 44.7 Å². The Hall–Kier alpha value is -2.27. The van der Waals surface area contributed by atoms with Crippen LogP contribution in [0.3, 0.4) is 0 Å². The van der Waals surface area contributed by atoms with Crippen molar-refractivity contribution >= 4 is 21.8 Å². The van der Waals surface area contributed by atoms with Crippen LogP contribution in [-0.4, -0.2) is 48.2 Å². The Morgan fingerprint density at radius 3 is 2.71 bits per heavy atom. The summed E-state index contributed by atoms with van der Waals surface area (Å²) in [5, 5.41) is 2.41. The highest BCUT2D eigenvalue weighted by atomic mass is 16.5. The topological polar surface area (TPSA) is 50.4 Å². The minimum Gasteiger partial charge on any atom is -0.493 e. The Balaban J connectivity index is 1.43. The first-order valence-corrected chi connectivity index (χ1v) is 10.5. The van der Waals surface area contributed by atoms with E-state index < -0.39 is 0 Å². The average Bonchev–Trinajstić information content (AvgIpc) is 3.12. The van der Waals surface area contributed by atoms with Crippen LogP contribution in [0.25, 0.3) is 21.8 Å². The van der Waals surface area contributed by atoms with Crippen molar-refractivity contribution in [3.8, 4) is 11.5 Å². The Morgan fingerprint density at radius 1 is 1.14 bits per heavy atom. The molecule has 1 saturated carbocycles. The minimum absolute atomic E-state index is 0.215. The molecule has 5 heteroatoms. The number of rotatable bonds is 7. The molecule has 1 aromatic carbocycles. The van der Waals surface area contributed by atoms with Crippen LogP contribution in [0, 0.1) is 0 Å². The number of fused-ring (bicyclic) bond motifs is 3. The first-order chi connectivity index (χ1) is 13.7. The number of nitrogens with one attached hydrogen (secondary N) is 1. The second kappa shape index (κ2) is 6.96. The predicted octanol–water partition coefficient (Wildman–Crippen LogP) is 4.64. The van der Waals surface area contributed by atoms with Gasteiger partial charge in [0.05, 0.1) is 24.9 Å². The zero-order valence-electron chi connectivity index (χ0n) is 16.9. The zero-order chi connectivity index (χ0) is 19.1. The van der Waals surface area contributed by atoms with E-state index in [0.717, 1.165) is 35.5 Å². The van der Waals surface area contributed by atoms with E-state index in [-0.39, 0.29) is 5.41 Å². The van der Waals surface area contributed by atoms with E-state index in [1.165, 1.54) is 55.2 Å². The average molecular weight is 380 g/mol. The van der Waals surface area contributed by atoms with Crippen molar-refractivity contribution in [3.05, 3.63) is 30.1 Å². The molecule has 2 fully saturated rings. The summed E-state index contributed by atoms with van der Waals surface area (Å²) in [6, 6.07) is 6.26. The molecule has 1 aliphatic carbocycles. The summed E-state index contributed by atoms with van der Waals surface area (Å²) in [5.74, 6) is 1.61. The van der Waals surface area contributed by atoms with Gasteiger partial charge in [-0.15, -0.1) is 0 Å². The van der Waals surface area contributed by atoms with Gasteiger partial charge in [0.1, 0.15) is 0 Å². The molecule has 28 heavy (non-hydrogen) atoms. The minimum atomic E-state index is 0.215. The summed E-state index contributed by atoms with van der Waals surface area (Å²) < 4.78 is 11.8. The molecule has 5 nitrogen and oxygen atoms in total. The first-order valence-electron chi connectivity index (χ1n) is 10.5. The Labute approximate surface area is 166 Å². The second-order valence-corrected chi connectivity index (χ2v) is 8.57. The van der Waals surface area contributed by atoms with Crippen molar-refractivity contribution in [1.29, 1.82) is 0 Å². The monoisotopic (exact) mass is 379 g/mol. The van der Waals surface area contributed by atoms with Gasteiger partial charge in [0, 0.05) is 40.5 Å². The number of aromatic nitrogens is 2. The van der Waals surface area contributed by atoms with E-state index in [1.54, 1.807) is 7.11 Å². The zero-order valence-corrected chi connectivity index (χ0v) is 16.9. The Morgan fingerprint density at radius 2 is 1.96 bits per heavy atom. The summed E-state index contributed by atoms with van der Waals surface area (Å²) in [5.41, 5.74) is 3.65. The summed E-state index contributed by atoms with van der Waals surface area (Å²) in [6.45, 7) is 6.61. The molecule has 1 aliphatic heterocycles. The maximum Gasteiger partial charge on any atom is 0.163 e. The summed E-state index contributed by atoms with van der Waals surface area (Å²) in [6.07, 6.45) is 8.05. The molecule has 0 bridgehead atoms. The van der Waals surface area contributed by atoms with Crippen molar-refractivity contribution < 1.29 is 9.47 Å². The molecule has 148 valence electrons. The lowest BCUT2D eigenvalue weighted by molar-refractivity contribution is 0.254. The molecule has 0 atom stereocenters. The third-order valence-electron chi connectivity index (χ3n) is 6.44.